The van der Waals surface area contributed by atoms with Crippen LogP contribution < -0.4 is 15.0 Å². The lowest BCUT2D eigenvalue weighted by Crippen LogP contribution is -2.48. The van der Waals surface area contributed by atoms with E-state index in [1.807, 2.05) is 48.5 Å². The fourth-order valence-corrected chi connectivity index (χ4v) is 2.96. The number of para-hydroxylation sites is 3. The largest absolute Gasteiger partial charge is 0.495 e. The Balaban J connectivity index is 1.51. The van der Waals surface area contributed by atoms with Crippen molar-refractivity contribution in [3.8, 4) is 5.75 Å². The van der Waals surface area contributed by atoms with E-state index in [2.05, 4.69) is 21.2 Å². The molecule has 0 saturated carbocycles. The average Bonchev–Trinajstić information content (AvgIpc) is 2.63. The fraction of sp³-hybridized carbons (Fsp3) is 0.316. The molecule has 3 rings (SSSR count). The highest BCUT2D eigenvalue weighted by molar-refractivity contribution is 5.92. The summed E-state index contributed by atoms with van der Waals surface area (Å²) < 4.78 is 5.44. The second kappa shape index (κ2) is 7.84. The molecular formula is C19H23N3O2. The van der Waals surface area contributed by atoms with E-state index >= 15 is 0 Å². The maximum atomic E-state index is 12.1. The molecule has 1 N–H and O–H groups in total. The quantitative estimate of drug-likeness (QED) is 0.917. The highest BCUT2D eigenvalue weighted by atomic mass is 16.5. The van der Waals surface area contributed by atoms with Crippen LogP contribution in [0.2, 0.25) is 0 Å². The zero-order chi connectivity index (χ0) is 16.8. The maximum Gasteiger partial charge on any atom is 0.238 e. The lowest BCUT2D eigenvalue weighted by Gasteiger charge is -2.36. The summed E-state index contributed by atoms with van der Waals surface area (Å²) in [4.78, 5) is 16.6. The minimum absolute atomic E-state index is 0.0342. The van der Waals surface area contributed by atoms with Crippen LogP contribution in [0.4, 0.5) is 11.4 Å². The Morgan fingerprint density at radius 3 is 2.38 bits per heavy atom. The number of rotatable bonds is 5. The van der Waals surface area contributed by atoms with Crippen molar-refractivity contribution in [2.24, 2.45) is 0 Å². The maximum absolute atomic E-state index is 12.1. The van der Waals surface area contributed by atoms with Crippen LogP contribution in [0.15, 0.2) is 54.6 Å². The molecule has 0 aliphatic carbocycles. The second-order valence-corrected chi connectivity index (χ2v) is 5.85. The van der Waals surface area contributed by atoms with Crippen LogP contribution in [-0.2, 0) is 4.79 Å². The molecule has 2 aromatic rings. The van der Waals surface area contributed by atoms with Crippen LogP contribution in [0.1, 0.15) is 0 Å². The van der Waals surface area contributed by atoms with E-state index in [4.69, 9.17) is 4.74 Å². The van der Waals surface area contributed by atoms with Crippen molar-refractivity contribution in [3.05, 3.63) is 54.6 Å². The third-order valence-corrected chi connectivity index (χ3v) is 4.22. The van der Waals surface area contributed by atoms with E-state index in [0.29, 0.717) is 6.54 Å². The van der Waals surface area contributed by atoms with Crippen molar-refractivity contribution in [2.75, 3.05) is 50.1 Å². The van der Waals surface area contributed by atoms with Gasteiger partial charge < -0.3 is 15.0 Å². The van der Waals surface area contributed by atoms with E-state index < -0.39 is 0 Å². The molecule has 1 amide bonds. The minimum atomic E-state index is 0.0342. The Morgan fingerprint density at radius 2 is 1.67 bits per heavy atom. The molecule has 1 saturated heterocycles. The van der Waals surface area contributed by atoms with E-state index in [-0.39, 0.29) is 5.91 Å². The lowest BCUT2D eigenvalue weighted by atomic mass is 10.2. The molecule has 0 unspecified atom stereocenters. The molecule has 5 heteroatoms. The van der Waals surface area contributed by atoms with Crippen LogP contribution in [0.25, 0.3) is 0 Å². The Kier molecular flexibility index (Phi) is 5.33. The molecule has 0 atom stereocenters. The van der Waals surface area contributed by atoms with Gasteiger partial charge in [0.25, 0.3) is 0 Å². The van der Waals surface area contributed by atoms with Gasteiger partial charge in [0, 0.05) is 31.9 Å². The molecule has 0 bridgehead atoms. The van der Waals surface area contributed by atoms with Gasteiger partial charge >= 0.3 is 0 Å². The van der Waals surface area contributed by atoms with Crippen molar-refractivity contribution in [2.45, 2.75) is 0 Å². The zero-order valence-electron chi connectivity index (χ0n) is 13.9. The Labute approximate surface area is 142 Å². The van der Waals surface area contributed by atoms with E-state index in [1.54, 1.807) is 7.11 Å². The van der Waals surface area contributed by atoms with Crippen LogP contribution in [-0.4, -0.2) is 50.6 Å². The molecule has 0 aromatic heterocycles. The minimum Gasteiger partial charge on any atom is -0.495 e. The molecule has 1 aliphatic rings. The third-order valence-electron chi connectivity index (χ3n) is 4.22. The SMILES string of the molecule is COc1ccccc1N1CCN(CC(=O)Nc2ccccc2)CC1. The summed E-state index contributed by atoms with van der Waals surface area (Å²) in [6.45, 7) is 3.92. The molecule has 126 valence electrons. The topological polar surface area (TPSA) is 44.8 Å². The Morgan fingerprint density at radius 1 is 1.00 bits per heavy atom. The summed E-state index contributed by atoms with van der Waals surface area (Å²) in [5.74, 6) is 0.930. The molecule has 5 nitrogen and oxygen atoms in total. The number of hydrogen-bond acceptors (Lipinski definition) is 4. The fourth-order valence-electron chi connectivity index (χ4n) is 2.96. The van der Waals surface area contributed by atoms with Gasteiger partial charge in [-0.25, -0.2) is 0 Å². The van der Waals surface area contributed by atoms with Gasteiger partial charge in [-0.1, -0.05) is 30.3 Å². The summed E-state index contributed by atoms with van der Waals surface area (Å²) in [5.41, 5.74) is 1.96. The predicted octanol–water partition coefficient (Wildman–Crippen LogP) is 2.46. The molecule has 1 heterocycles. The van der Waals surface area contributed by atoms with Gasteiger partial charge in [0.15, 0.2) is 0 Å². The summed E-state index contributed by atoms with van der Waals surface area (Å²) in [7, 11) is 1.70. The number of nitrogens with zero attached hydrogens (tertiary/aromatic N) is 2. The van der Waals surface area contributed by atoms with Crippen LogP contribution in [0.5, 0.6) is 5.75 Å². The van der Waals surface area contributed by atoms with Gasteiger partial charge in [0.05, 0.1) is 19.3 Å². The number of amides is 1. The number of methoxy groups -OCH3 is 1. The van der Waals surface area contributed by atoms with Crippen molar-refractivity contribution < 1.29 is 9.53 Å². The first-order valence-corrected chi connectivity index (χ1v) is 8.21. The van der Waals surface area contributed by atoms with Crippen molar-refractivity contribution >= 4 is 17.3 Å². The Bertz CT molecular complexity index is 667. The second-order valence-electron chi connectivity index (χ2n) is 5.85. The Hall–Kier alpha value is -2.53. The smallest absolute Gasteiger partial charge is 0.238 e. The first-order chi connectivity index (χ1) is 11.8. The number of carbonyl (C=O) groups is 1. The highest BCUT2D eigenvalue weighted by Gasteiger charge is 2.20. The van der Waals surface area contributed by atoms with E-state index in [1.165, 1.54) is 0 Å². The monoisotopic (exact) mass is 325 g/mol. The lowest BCUT2D eigenvalue weighted by molar-refractivity contribution is -0.117. The highest BCUT2D eigenvalue weighted by Crippen LogP contribution is 2.28. The van der Waals surface area contributed by atoms with Gasteiger partial charge in [0.1, 0.15) is 5.75 Å². The standard InChI is InChI=1S/C19H23N3O2/c1-24-18-10-6-5-9-17(18)22-13-11-21(12-14-22)15-19(23)20-16-7-3-2-4-8-16/h2-10H,11-15H2,1H3,(H,20,23). The summed E-state index contributed by atoms with van der Waals surface area (Å²) >= 11 is 0. The van der Waals surface area contributed by atoms with Crippen LogP contribution >= 0.6 is 0 Å². The number of ether oxygens (including phenoxy) is 1. The zero-order valence-corrected chi connectivity index (χ0v) is 13.9. The van der Waals surface area contributed by atoms with Crippen molar-refractivity contribution in [3.63, 3.8) is 0 Å². The molecule has 1 aliphatic heterocycles. The number of hydrogen-bond donors (Lipinski definition) is 1. The van der Waals surface area contributed by atoms with Gasteiger partial charge in [-0.2, -0.15) is 0 Å². The molecular weight excluding hydrogens is 302 g/mol. The summed E-state index contributed by atoms with van der Waals surface area (Å²) in [6, 6.07) is 17.6. The first kappa shape index (κ1) is 16.3. The van der Waals surface area contributed by atoms with Gasteiger partial charge in [-0.05, 0) is 24.3 Å². The number of nitrogens with one attached hydrogen (secondary N) is 1. The molecule has 24 heavy (non-hydrogen) atoms. The van der Waals surface area contributed by atoms with Crippen LogP contribution in [0.3, 0.4) is 0 Å². The number of benzene rings is 2. The van der Waals surface area contributed by atoms with E-state index in [0.717, 1.165) is 43.3 Å². The third kappa shape index (κ3) is 4.06. The number of piperazine rings is 1. The van der Waals surface area contributed by atoms with Gasteiger partial charge in [0.2, 0.25) is 5.91 Å². The van der Waals surface area contributed by atoms with Crippen molar-refractivity contribution in [1.82, 2.24) is 4.90 Å². The number of anilines is 2. The van der Waals surface area contributed by atoms with Crippen LogP contribution in [0, 0.1) is 0 Å². The predicted molar refractivity (Wildman–Crippen MR) is 96.7 cm³/mol. The summed E-state index contributed by atoms with van der Waals surface area (Å²) in [5, 5.41) is 2.94. The molecule has 1 fully saturated rings. The number of carbonyl (C=O) groups excluding carboxylic acids is 1. The molecule has 0 radical (unpaired) electrons. The normalized spacial score (nSPS) is 15.1. The van der Waals surface area contributed by atoms with Gasteiger partial charge in [-0.3, -0.25) is 9.69 Å². The molecule has 2 aromatic carbocycles. The summed E-state index contributed by atoms with van der Waals surface area (Å²) in [6.07, 6.45) is 0. The average molecular weight is 325 g/mol. The first-order valence-electron chi connectivity index (χ1n) is 8.21. The van der Waals surface area contributed by atoms with Crippen molar-refractivity contribution in [1.29, 1.82) is 0 Å². The van der Waals surface area contributed by atoms with Gasteiger partial charge in [-0.15, -0.1) is 0 Å². The van der Waals surface area contributed by atoms with E-state index in [9.17, 15) is 4.79 Å². The molecule has 0 spiro atoms.